The summed E-state index contributed by atoms with van der Waals surface area (Å²) in [4.78, 5) is 204. The fraction of sp³-hybridized carbons (Fsp3) is 0.635. The van der Waals surface area contributed by atoms with Crippen LogP contribution in [-0.4, -0.2) is 215 Å². The molecule has 12 amide bonds. The highest BCUT2D eigenvalue weighted by Gasteiger charge is 2.39. The number of benzene rings is 1. The number of nitrogens with zero attached hydrogens (tertiary/aromatic N) is 4. The fourth-order valence-corrected chi connectivity index (χ4v) is 11.1. The Labute approximate surface area is 598 Å². The average Bonchev–Trinajstić information content (AvgIpc) is 0.853. The highest BCUT2D eigenvalue weighted by atomic mass is 32.1. The van der Waals surface area contributed by atoms with Crippen LogP contribution >= 0.6 is 25.3 Å². The van der Waals surface area contributed by atoms with Crippen LogP contribution in [0.15, 0.2) is 45.3 Å². The smallest absolute Gasteiger partial charge is 0.305 e. The molecule has 0 heterocycles. The molecule has 0 aliphatic heterocycles. The lowest BCUT2D eigenvalue weighted by Gasteiger charge is -2.38. The number of nitrogens with two attached hydrogens (primary N) is 7. The first-order chi connectivity index (χ1) is 47.8. The van der Waals surface area contributed by atoms with Crippen molar-refractivity contribution in [3.63, 3.8) is 0 Å². The summed E-state index contributed by atoms with van der Waals surface area (Å²) < 4.78 is 0. The number of primary amides is 1. The van der Waals surface area contributed by atoms with Crippen molar-refractivity contribution in [3.05, 3.63) is 35.9 Å². The van der Waals surface area contributed by atoms with Crippen LogP contribution < -0.4 is 93.3 Å². The summed E-state index contributed by atoms with van der Waals surface area (Å²) in [5, 5.41) is 35.3. The second-order valence-electron chi connectivity index (χ2n) is 24.5. The molecule has 1 aromatic carbocycles. The van der Waals surface area contributed by atoms with Crippen molar-refractivity contribution < 1.29 is 72.2 Å². The van der Waals surface area contributed by atoms with E-state index in [9.17, 15) is 72.2 Å². The van der Waals surface area contributed by atoms with Crippen molar-refractivity contribution in [1.29, 1.82) is 0 Å². The SMILES string of the molecule is CC[C@H](C)[C@H](NC(=O)[C@H](CCCN=C(N)N)NC(=O)CNC(=O)CNC(=O)[C@H](C)N(C(=O)CCS)C1CCCCC1)C(=O)N[C@@H](CC(=O)O)C(=O)N[C@@H](CCCN=C(N)N)C(=O)N[C@H](C(=O)N[C@@H](Cc1ccccc1)C(=O)N[C@@H](CCCN=C(N)N)C(=O)N[C@@H](CS)C(=O)C(N)=O)[C@@H](C)CC. The normalized spacial score (nSPS) is 15.2. The number of ketones is 1. The number of Topliss-reactive ketones (excluding diaryl/α,β-unsaturated/α-hetero) is 1. The van der Waals surface area contributed by atoms with Crippen LogP contribution in [0.1, 0.15) is 136 Å². The first-order valence-corrected chi connectivity index (χ1v) is 34.8. The monoisotopic (exact) mass is 1460 g/mol. The summed E-state index contributed by atoms with van der Waals surface area (Å²) in [5.74, 6) is -15.9. The van der Waals surface area contributed by atoms with Gasteiger partial charge in [-0.25, -0.2) is 0 Å². The number of hydrogen-bond acceptors (Lipinski definition) is 19. The number of guanidine groups is 3. The highest BCUT2D eigenvalue weighted by molar-refractivity contribution is 7.80. The second kappa shape index (κ2) is 46.8. The van der Waals surface area contributed by atoms with E-state index in [2.05, 4.69) is 93.4 Å². The summed E-state index contributed by atoms with van der Waals surface area (Å²) in [6, 6.07) is -5.09. The zero-order valence-electron chi connectivity index (χ0n) is 58.0. The van der Waals surface area contributed by atoms with Gasteiger partial charge >= 0.3 is 5.97 Å². The number of amides is 12. The van der Waals surface area contributed by atoms with Crippen molar-refractivity contribution in [3.8, 4) is 0 Å². The lowest BCUT2D eigenvalue weighted by Crippen LogP contribution is -2.62. The fourth-order valence-electron chi connectivity index (χ4n) is 10.6. The summed E-state index contributed by atoms with van der Waals surface area (Å²) in [7, 11) is 0. The van der Waals surface area contributed by atoms with Crippen LogP contribution in [0.25, 0.3) is 0 Å². The van der Waals surface area contributed by atoms with Crippen molar-refractivity contribution >= 4 is 126 Å². The predicted octanol–water partition coefficient (Wildman–Crippen LogP) is -5.08. The quantitative estimate of drug-likeness (QED) is 0.00954. The minimum atomic E-state index is -1.95. The van der Waals surface area contributed by atoms with Gasteiger partial charge in [0.05, 0.1) is 19.5 Å². The van der Waals surface area contributed by atoms with E-state index in [4.69, 9.17) is 40.1 Å². The van der Waals surface area contributed by atoms with Gasteiger partial charge in [-0.15, -0.1) is 0 Å². The number of carboxylic acids is 1. The highest BCUT2D eigenvalue weighted by Crippen LogP contribution is 2.25. The molecule has 1 aliphatic carbocycles. The first-order valence-electron chi connectivity index (χ1n) is 33.5. The van der Waals surface area contributed by atoms with Crippen molar-refractivity contribution in [2.24, 2.45) is 66.9 Å². The molecule has 1 aromatic rings. The van der Waals surface area contributed by atoms with Gasteiger partial charge in [-0.3, -0.25) is 82.1 Å². The Morgan fingerprint density at radius 3 is 1.37 bits per heavy atom. The van der Waals surface area contributed by atoms with Gasteiger partial charge in [0.1, 0.15) is 54.4 Å². The first kappa shape index (κ1) is 87.6. The summed E-state index contributed by atoms with van der Waals surface area (Å²) in [5.41, 5.74) is 38.8. The molecule has 101 heavy (non-hydrogen) atoms. The molecule has 0 aromatic heterocycles. The second-order valence-corrected chi connectivity index (χ2v) is 25.3. The number of aliphatic carboxylic acids is 1. The predicted molar refractivity (Wildman–Crippen MR) is 382 cm³/mol. The third-order valence-electron chi connectivity index (χ3n) is 16.6. The maximum Gasteiger partial charge on any atom is 0.305 e. The maximum absolute atomic E-state index is 14.7. The van der Waals surface area contributed by atoms with Gasteiger partial charge in [0.15, 0.2) is 17.9 Å². The minimum Gasteiger partial charge on any atom is -0.481 e. The molecule has 1 aliphatic rings. The zero-order valence-corrected chi connectivity index (χ0v) is 59.8. The lowest BCUT2D eigenvalue weighted by atomic mass is 9.93. The lowest BCUT2D eigenvalue weighted by molar-refractivity contribution is -0.143. The van der Waals surface area contributed by atoms with Gasteiger partial charge in [0.25, 0.3) is 5.91 Å². The van der Waals surface area contributed by atoms with Gasteiger partial charge in [-0.1, -0.05) is 90.1 Å². The molecule has 0 unspecified atom stereocenters. The number of carbonyl (C=O) groups is 14. The average molecular weight is 1460 g/mol. The van der Waals surface area contributed by atoms with E-state index >= 15 is 0 Å². The van der Waals surface area contributed by atoms with Crippen molar-refractivity contribution in [2.75, 3.05) is 44.2 Å². The molecule has 2 rings (SSSR count). The van der Waals surface area contributed by atoms with E-state index in [-0.39, 0.29) is 125 Å². The largest absolute Gasteiger partial charge is 0.481 e. The van der Waals surface area contributed by atoms with Gasteiger partial charge in [0, 0.05) is 44.3 Å². The molecule has 564 valence electrons. The number of rotatable bonds is 47. The van der Waals surface area contributed by atoms with Crippen LogP contribution in [0.2, 0.25) is 0 Å². The third kappa shape index (κ3) is 33.0. The van der Waals surface area contributed by atoms with Gasteiger partial charge in [-0.05, 0) is 81.4 Å². The Hall–Kier alpha value is -9.49. The summed E-state index contributed by atoms with van der Waals surface area (Å²) in [6.45, 7) is 6.76. The molecule has 1 fully saturated rings. The molecule has 1 saturated carbocycles. The molecule has 25 N–H and O–H groups in total. The topological polar surface area (TPSA) is 602 Å². The maximum atomic E-state index is 14.7. The number of thiol groups is 2. The third-order valence-corrected chi connectivity index (χ3v) is 17.2. The van der Waals surface area contributed by atoms with Crippen LogP contribution in [0.5, 0.6) is 0 Å². The Morgan fingerprint density at radius 2 is 0.931 bits per heavy atom. The Kier molecular flexibility index (Phi) is 40.6. The van der Waals surface area contributed by atoms with Gasteiger partial charge < -0.3 is 103 Å². The Morgan fingerprint density at radius 1 is 0.515 bits per heavy atom. The Balaban J connectivity index is 2.49. The van der Waals surface area contributed by atoms with Crippen molar-refractivity contribution in [1.82, 2.24) is 58.1 Å². The summed E-state index contributed by atoms with van der Waals surface area (Å²) in [6.07, 6.45) is 3.21. The van der Waals surface area contributed by atoms with Crippen LogP contribution in [0, 0.1) is 11.8 Å². The number of carbonyl (C=O) groups excluding carboxylic acids is 13. The molecule has 0 spiro atoms. The molecular formula is C63H105N21O15S2. The molecule has 11 atom stereocenters. The van der Waals surface area contributed by atoms with E-state index in [1.165, 1.54) is 0 Å². The molecule has 0 bridgehead atoms. The van der Waals surface area contributed by atoms with E-state index in [0.29, 0.717) is 5.56 Å². The molecule has 38 heteroatoms. The standard InChI is InChI=1S/C63H105N21O15S2/c1-6-34(3)49(59(98)79-42(29-37-17-10-8-11-18-37)57(96)77-40(22-15-26-72-62(67)68)54(93)81-44(33-101)51(90)52(64)91)83-56(95)41(23-16-27-73-63(69)70)78-58(97)43(30-48(88)89)80-60(99)50(35(4)7-2)82-55(94)39(21-14-25-71-61(65)66)76-46(86)32-74-45(85)31-75-53(92)36(5)84(47(87)24-28-100)38-19-12-9-13-20-38/h8,10-11,17-18,34-36,38-44,49-50,100-101H,6-7,9,12-16,19-33H2,1-5H3,(H2,64,91)(H,74,85)(H,75,92)(H,76,86)(H,77,96)(H,78,97)(H,79,98)(H,80,99)(H,81,93)(H,82,94)(H,83,95)(H,88,89)(H4,65,66,71)(H4,67,68,72)(H4,69,70,73)/t34-,35-,36-,39-,40-,41-,42-,43-,44-,49-,50-/m0/s1. The number of carboxylic acid groups (broad SMARTS) is 1. The minimum absolute atomic E-state index is 0.00108. The molecule has 0 radical (unpaired) electrons. The van der Waals surface area contributed by atoms with E-state index in [1.807, 2.05) is 0 Å². The zero-order chi connectivity index (χ0) is 75.9. The molecule has 0 saturated heterocycles. The number of nitrogens with one attached hydrogen (secondary N) is 10. The molecule has 36 nitrogen and oxygen atoms in total. The van der Waals surface area contributed by atoms with E-state index in [0.717, 1.165) is 32.1 Å². The number of aliphatic imine (C=N–C) groups is 3. The number of hydrogen-bond donors (Lipinski definition) is 20. The van der Waals surface area contributed by atoms with Gasteiger partial charge in [0.2, 0.25) is 70.8 Å². The Bertz CT molecular complexity index is 3060. The van der Waals surface area contributed by atoms with Crippen molar-refractivity contribution in [2.45, 2.75) is 198 Å². The molecular weight excluding hydrogens is 1350 g/mol. The van der Waals surface area contributed by atoms with Crippen LogP contribution in [-0.2, 0) is 73.5 Å². The van der Waals surface area contributed by atoms with E-state index in [1.54, 1.807) is 69.9 Å². The summed E-state index contributed by atoms with van der Waals surface area (Å²) >= 11 is 8.25. The van der Waals surface area contributed by atoms with Crippen LogP contribution in [0.4, 0.5) is 0 Å². The van der Waals surface area contributed by atoms with Gasteiger partial charge in [-0.2, -0.15) is 25.3 Å². The van der Waals surface area contributed by atoms with E-state index < -0.39 is 162 Å². The van der Waals surface area contributed by atoms with Crippen LogP contribution in [0.3, 0.4) is 0 Å².